The average Bonchev–Trinajstić information content (AvgIpc) is 2.62. The van der Waals surface area contributed by atoms with Crippen LogP contribution in [0.25, 0.3) is 0 Å². The van der Waals surface area contributed by atoms with Gasteiger partial charge in [-0.15, -0.1) is 6.58 Å². The molecule has 2 rings (SSSR count). The molecule has 1 saturated heterocycles. The molecular weight excluding hydrogens is 244 g/mol. The van der Waals surface area contributed by atoms with Crippen LogP contribution in [0.4, 0.5) is 0 Å². The fraction of sp³-hybridized carbons (Fsp3) is 0.600. The van der Waals surface area contributed by atoms with Gasteiger partial charge < -0.3 is 9.84 Å². The molecule has 0 aromatic rings. The Balaban J connectivity index is 2.37. The number of ether oxygens (including phenoxy) is 1. The molecule has 19 heavy (non-hydrogen) atoms. The number of aliphatic hydroxyl groups excluding tert-OH is 1. The number of hydrogen-bond donors (Lipinski definition) is 1. The SMILES string of the molecule is C=C[C@]1(C)C[C@@H](O)[C@H]2C(=C)C(=O)O[C@@H]2C[C@@H](C)C1=O. The Morgan fingerprint density at radius 1 is 1.47 bits per heavy atom. The van der Waals surface area contributed by atoms with Crippen molar-refractivity contribution in [3.63, 3.8) is 0 Å². The van der Waals surface area contributed by atoms with Gasteiger partial charge in [0.25, 0.3) is 0 Å². The molecule has 1 N–H and O–H groups in total. The lowest BCUT2D eigenvalue weighted by atomic mass is 9.68. The number of aliphatic hydroxyl groups is 1. The van der Waals surface area contributed by atoms with E-state index in [2.05, 4.69) is 13.2 Å². The van der Waals surface area contributed by atoms with E-state index in [0.717, 1.165) is 0 Å². The summed E-state index contributed by atoms with van der Waals surface area (Å²) in [6, 6.07) is 0. The average molecular weight is 264 g/mol. The summed E-state index contributed by atoms with van der Waals surface area (Å²) in [6.45, 7) is 11.0. The van der Waals surface area contributed by atoms with E-state index in [1.807, 2.05) is 6.92 Å². The lowest BCUT2D eigenvalue weighted by Gasteiger charge is -2.36. The fourth-order valence-electron chi connectivity index (χ4n) is 3.19. The minimum atomic E-state index is -0.816. The van der Waals surface area contributed by atoms with Crippen LogP contribution in [-0.4, -0.2) is 29.1 Å². The molecule has 4 nitrogen and oxygen atoms in total. The van der Waals surface area contributed by atoms with E-state index in [1.54, 1.807) is 13.0 Å². The van der Waals surface area contributed by atoms with Gasteiger partial charge in [0.05, 0.1) is 12.0 Å². The predicted octanol–water partition coefficient (Wildman–Crippen LogP) is 1.64. The van der Waals surface area contributed by atoms with Crippen LogP contribution < -0.4 is 0 Å². The van der Waals surface area contributed by atoms with Crippen molar-refractivity contribution in [3.05, 3.63) is 24.8 Å². The van der Waals surface area contributed by atoms with Gasteiger partial charge in [-0.25, -0.2) is 4.79 Å². The second-order valence-corrected chi connectivity index (χ2v) is 5.89. The second-order valence-electron chi connectivity index (χ2n) is 5.89. The Hall–Kier alpha value is -1.42. The first-order valence-corrected chi connectivity index (χ1v) is 6.56. The van der Waals surface area contributed by atoms with Gasteiger partial charge in [-0.2, -0.15) is 0 Å². The van der Waals surface area contributed by atoms with Crippen LogP contribution in [0, 0.1) is 17.3 Å². The van der Waals surface area contributed by atoms with E-state index in [0.29, 0.717) is 12.0 Å². The number of rotatable bonds is 1. The third-order valence-electron chi connectivity index (χ3n) is 4.42. The number of esters is 1. The fourth-order valence-corrected chi connectivity index (χ4v) is 3.19. The van der Waals surface area contributed by atoms with Crippen LogP contribution in [0.15, 0.2) is 24.8 Å². The van der Waals surface area contributed by atoms with E-state index < -0.39 is 29.5 Å². The van der Waals surface area contributed by atoms with Gasteiger partial charge in [-0.3, -0.25) is 4.79 Å². The van der Waals surface area contributed by atoms with Crippen molar-refractivity contribution in [2.45, 2.75) is 38.9 Å². The molecule has 0 radical (unpaired) electrons. The normalized spacial score (nSPS) is 43.2. The molecule has 0 aromatic heterocycles. The van der Waals surface area contributed by atoms with Gasteiger partial charge >= 0.3 is 5.97 Å². The van der Waals surface area contributed by atoms with Crippen molar-refractivity contribution in [2.75, 3.05) is 0 Å². The molecule has 0 spiro atoms. The highest BCUT2D eigenvalue weighted by molar-refractivity contribution is 5.92. The van der Waals surface area contributed by atoms with Crippen molar-refractivity contribution in [1.82, 2.24) is 0 Å². The first-order valence-electron chi connectivity index (χ1n) is 6.56. The van der Waals surface area contributed by atoms with Crippen molar-refractivity contribution in [3.8, 4) is 0 Å². The molecule has 4 heteroatoms. The third kappa shape index (κ3) is 2.14. The molecule has 0 bridgehead atoms. The quantitative estimate of drug-likeness (QED) is 0.444. The molecule has 1 aliphatic heterocycles. The van der Waals surface area contributed by atoms with Crippen LogP contribution in [0.5, 0.6) is 0 Å². The second kappa shape index (κ2) is 4.60. The topological polar surface area (TPSA) is 63.6 Å². The van der Waals surface area contributed by atoms with Crippen molar-refractivity contribution < 1.29 is 19.4 Å². The zero-order valence-electron chi connectivity index (χ0n) is 11.4. The summed E-state index contributed by atoms with van der Waals surface area (Å²) in [6.07, 6.45) is 1.01. The molecule has 2 fully saturated rings. The lowest BCUT2D eigenvalue weighted by molar-refractivity contribution is -0.144. The first kappa shape index (κ1) is 14.0. The summed E-state index contributed by atoms with van der Waals surface area (Å²) >= 11 is 0. The molecule has 1 heterocycles. The largest absolute Gasteiger partial charge is 0.458 e. The van der Waals surface area contributed by atoms with Crippen LogP contribution >= 0.6 is 0 Å². The highest BCUT2D eigenvalue weighted by Gasteiger charge is 2.49. The van der Waals surface area contributed by atoms with E-state index in [4.69, 9.17) is 4.74 Å². The Labute approximate surface area is 113 Å². The molecule has 1 aliphatic carbocycles. The van der Waals surface area contributed by atoms with Gasteiger partial charge in [-0.05, 0) is 19.8 Å². The van der Waals surface area contributed by atoms with Gasteiger partial charge in [0.1, 0.15) is 11.9 Å². The monoisotopic (exact) mass is 264 g/mol. The summed E-state index contributed by atoms with van der Waals surface area (Å²) < 4.78 is 5.23. The van der Waals surface area contributed by atoms with Gasteiger partial charge in [0.15, 0.2) is 0 Å². The number of carbonyl (C=O) groups is 2. The zero-order chi connectivity index (χ0) is 14.4. The maximum absolute atomic E-state index is 12.4. The van der Waals surface area contributed by atoms with Crippen molar-refractivity contribution in [1.29, 1.82) is 0 Å². The molecule has 0 unspecified atom stereocenters. The summed E-state index contributed by atoms with van der Waals surface area (Å²) in [5, 5.41) is 10.4. The van der Waals surface area contributed by atoms with Crippen LogP contribution in [0.3, 0.4) is 0 Å². The number of Topliss-reactive ketones (excluding diaryl/α,β-unsaturated/α-hetero) is 1. The standard InChI is InChI=1S/C15H20O4/c1-5-15(4)7-10(16)12-9(3)14(18)19-11(12)6-8(2)13(15)17/h5,8,10-12,16H,1,3,6-7H2,2,4H3/t8-,10-,11-,12-,15-/m1/s1. The van der Waals surface area contributed by atoms with Crippen molar-refractivity contribution >= 4 is 11.8 Å². The highest BCUT2D eigenvalue weighted by atomic mass is 16.6. The van der Waals surface area contributed by atoms with Crippen LogP contribution in [-0.2, 0) is 14.3 Å². The molecule has 2 aliphatic rings. The number of hydrogen-bond acceptors (Lipinski definition) is 4. The molecule has 1 saturated carbocycles. The predicted molar refractivity (Wildman–Crippen MR) is 70.2 cm³/mol. The minimum absolute atomic E-state index is 0.0357. The van der Waals surface area contributed by atoms with Gasteiger partial charge in [0.2, 0.25) is 0 Å². The van der Waals surface area contributed by atoms with Crippen LogP contribution in [0.1, 0.15) is 26.7 Å². The zero-order valence-corrected chi connectivity index (χ0v) is 11.4. The Bertz CT molecular complexity index is 453. The number of ketones is 1. The highest BCUT2D eigenvalue weighted by Crippen LogP contribution is 2.42. The first-order chi connectivity index (χ1) is 8.80. The summed E-state index contributed by atoms with van der Waals surface area (Å²) in [7, 11) is 0. The maximum atomic E-state index is 12.4. The van der Waals surface area contributed by atoms with E-state index in [1.165, 1.54) is 0 Å². The number of carbonyl (C=O) groups excluding carboxylic acids is 2. The molecule has 104 valence electrons. The number of fused-ring (bicyclic) bond motifs is 1. The molecule has 5 atom stereocenters. The number of allylic oxidation sites excluding steroid dienone is 1. The molecule has 0 aromatic carbocycles. The smallest absolute Gasteiger partial charge is 0.334 e. The van der Waals surface area contributed by atoms with Gasteiger partial charge in [-0.1, -0.05) is 19.6 Å². The summed E-state index contributed by atoms with van der Waals surface area (Å²) in [5.74, 6) is -1.08. The molecule has 0 amide bonds. The maximum Gasteiger partial charge on any atom is 0.334 e. The van der Waals surface area contributed by atoms with Crippen molar-refractivity contribution in [2.24, 2.45) is 17.3 Å². The van der Waals surface area contributed by atoms with Crippen LogP contribution in [0.2, 0.25) is 0 Å². The summed E-state index contributed by atoms with van der Waals surface area (Å²) in [5.41, 5.74) is -0.458. The Morgan fingerprint density at radius 3 is 2.68 bits per heavy atom. The van der Waals surface area contributed by atoms with E-state index in [-0.39, 0.29) is 18.1 Å². The van der Waals surface area contributed by atoms with Gasteiger partial charge in [0, 0.05) is 16.9 Å². The Morgan fingerprint density at radius 2 is 2.11 bits per heavy atom. The molecular formula is C15H20O4. The third-order valence-corrected chi connectivity index (χ3v) is 4.42. The Kier molecular flexibility index (Phi) is 3.39. The lowest BCUT2D eigenvalue weighted by Crippen LogP contribution is -2.43. The minimum Gasteiger partial charge on any atom is -0.458 e. The van der Waals surface area contributed by atoms with E-state index in [9.17, 15) is 14.7 Å². The summed E-state index contributed by atoms with van der Waals surface area (Å²) in [4.78, 5) is 24.0. The van der Waals surface area contributed by atoms with E-state index >= 15 is 0 Å².